The number of nitrogens with one attached hydrogen (secondary N) is 1. The lowest BCUT2D eigenvalue weighted by Crippen LogP contribution is -2.47. The van der Waals surface area contributed by atoms with Crippen molar-refractivity contribution in [1.82, 2.24) is 20.1 Å². The first-order chi connectivity index (χ1) is 11.7. The van der Waals surface area contributed by atoms with Crippen LogP contribution in [0.5, 0.6) is 11.5 Å². The standard InChI is InChI=1S/C16H19N5O3/c1-11-15(17-16(22)19-18-11)21-6-4-20(5-7-21)9-12-2-3-13-14(8-12)24-10-23-13/h2-3,8H,4-7,9-10H2,1H3,(H,17,19,22). The minimum absolute atomic E-state index is 0.300. The molecule has 3 heterocycles. The van der Waals surface area contributed by atoms with Gasteiger partial charge in [-0.3, -0.25) is 4.90 Å². The summed E-state index contributed by atoms with van der Waals surface area (Å²) in [6.07, 6.45) is 0. The SMILES string of the molecule is Cc1n[nH]c(=O)nc1N1CCN(Cc2ccc3c(c2)OCO3)CC1. The fourth-order valence-corrected chi connectivity index (χ4v) is 3.10. The first kappa shape index (κ1) is 14.9. The van der Waals surface area contributed by atoms with Crippen molar-refractivity contribution in [3.63, 3.8) is 0 Å². The highest BCUT2D eigenvalue weighted by atomic mass is 16.7. The number of H-pyrrole nitrogens is 1. The molecule has 0 unspecified atom stereocenters. The van der Waals surface area contributed by atoms with E-state index in [1.165, 1.54) is 5.56 Å². The summed E-state index contributed by atoms with van der Waals surface area (Å²) in [5, 5.41) is 6.36. The maximum Gasteiger partial charge on any atom is 0.363 e. The first-order valence-corrected chi connectivity index (χ1v) is 7.98. The summed E-state index contributed by atoms with van der Waals surface area (Å²) in [6, 6.07) is 6.08. The van der Waals surface area contributed by atoms with Crippen molar-refractivity contribution in [2.75, 3.05) is 37.9 Å². The van der Waals surface area contributed by atoms with Gasteiger partial charge in [0.1, 0.15) is 5.69 Å². The summed E-state index contributed by atoms with van der Waals surface area (Å²) in [4.78, 5) is 19.9. The number of nitrogens with zero attached hydrogens (tertiary/aromatic N) is 4. The highest BCUT2D eigenvalue weighted by molar-refractivity contribution is 5.45. The third-order valence-corrected chi connectivity index (χ3v) is 4.37. The molecule has 0 bridgehead atoms. The van der Waals surface area contributed by atoms with E-state index in [9.17, 15) is 4.79 Å². The van der Waals surface area contributed by atoms with Crippen molar-refractivity contribution in [3.05, 3.63) is 39.9 Å². The molecule has 0 atom stereocenters. The Morgan fingerprint density at radius 3 is 2.79 bits per heavy atom. The van der Waals surface area contributed by atoms with E-state index in [2.05, 4.69) is 31.0 Å². The molecule has 2 aromatic rings. The lowest BCUT2D eigenvalue weighted by atomic mass is 10.1. The van der Waals surface area contributed by atoms with Crippen LogP contribution in [-0.4, -0.2) is 53.1 Å². The van der Waals surface area contributed by atoms with Gasteiger partial charge in [-0.25, -0.2) is 9.89 Å². The quantitative estimate of drug-likeness (QED) is 0.879. The number of fused-ring (bicyclic) bond motifs is 1. The van der Waals surface area contributed by atoms with Gasteiger partial charge in [-0.15, -0.1) is 0 Å². The smallest absolute Gasteiger partial charge is 0.363 e. The molecule has 0 aliphatic carbocycles. The molecule has 0 radical (unpaired) electrons. The normalized spacial score (nSPS) is 17.3. The number of anilines is 1. The summed E-state index contributed by atoms with van der Waals surface area (Å²) < 4.78 is 10.8. The molecule has 2 aliphatic rings. The van der Waals surface area contributed by atoms with Gasteiger partial charge >= 0.3 is 5.69 Å². The topological polar surface area (TPSA) is 83.6 Å². The fraction of sp³-hybridized carbons (Fsp3) is 0.438. The molecule has 0 spiro atoms. The Hall–Kier alpha value is -2.61. The zero-order valence-electron chi connectivity index (χ0n) is 13.5. The largest absolute Gasteiger partial charge is 0.454 e. The van der Waals surface area contributed by atoms with E-state index in [4.69, 9.17) is 9.47 Å². The molecule has 0 saturated carbocycles. The van der Waals surface area contributed by atoms with Crippen molar-refractivity contribution < 1.29 is 9.47 Å². The number of benzene rings is 1. The molecule has 4 rings (SSSR count). The van der Waals surface area contributed by atoms with Crippen molar-refractivity contribution in [2.24, 2.45) is 0 Å². The minimum Gasteiger partial charge on any atom is -0.454 e. The minimum atomic E-state index is -0.404. The molecular weight excluding hydrogens is 310 g/mol. The van der Waals surface area contributed by atoms with E-state index in [0.29, 0.717) is 12.6 Å². The molecular formula is C16H19N5O3. The summed E-state index contributed by atoms with van der Waals surface area (Å²) in [7, 11) is 0. The van der Waals surface area contributed by atoms with Crippen LogP contribution in [-0.2, 0) is 6.54 Å². The molecule has 8 nitrogen and oxygen atoms in total. The molecule has 126 valence electrons. The highest BCUT2D eigenvalue weighted by Crippen LogP contribution is 2.32. The fourth-order valence-electron chi connectivity index (χ4n) is 3.10. The maximum atomic E-state index is 11.4. The number of hydrogen-bond acceptors (Lipinski definition) is 7. The van der Waals surface area contributed by atoms with Gasteiger partial charge in [0, 0.05) is 32.7 Å². The van der Waals surface area contributed by atoms with Gasteiger partial charge in [0.05, 0.1) is 0 Å². The third kappa shape index (κ3) is 2.92. The molecule has 0 amide bonds. The monoisotopic (exact) mass is 329 g/mol. The molecule has 1 N–H and O–H groups in total. The molecule has 1 saturated heterocycles. The molecule has 1 aromatic carbocycles. The lowest BCUT2D eigenvalue weighted by Gasteiger charge is -2.35. The van der Waals surface area contributed by atoms with Crippen LogP contribution in [0.2, 0.25) is 0 Å². The Morgan fingerprint density at radius 1 is 1.17 bits per heavy atom. The van der Waals surface area contributed by atoms with Gasteiger partial charge in [0.15, 0.2) is 17.3 Å². The van der Waals surface area contributed by atoms with Gasteiger partial charge in [-0.2, -0.15) is 10.1 Å². The second-order valence-corrected chi connectivity index (χ2v) is 6.00. The summed E-state index contributed by atoms with van der Waals surface area (Å²) in [5.41, 5.74) is 1.55. The second kappa shape index (κ2) is 6.12. The van der Waals surface area contributed by atoms with E-state index in [1.54, 1.807) is 0 Å². The number of aryl methyl sites for hydroxylation is 1. The van der Waals surface area contributed by atoms with Gasteiger partial charge in [0.2, 0.25) is 6.79 Å². The Bertz CT molecular complexity index is 799. The van der Waals surface area contributed by atoms with E-state index < -0.39 is 5.69 Å². The highest BCUT2D eigenvalue weighted by Gasteiger charge is 2.21. The predicted molar refractivity (Wildman–Crippen MR) is 87.4 cm³/mol. The van der Waals surface area contributed by atoms with Crippen LogP contribution in [0.15, 0.2) is 23.0 Å². The van der Waals surface area contributed by atoms with E-state index in [0.717, 1.165) is 49.9 Å². The van der Waals surface area contributed by atoms with Crippen LogP contribution in [0.25, 0.3) is 0 Å². The first-order valence-electron chi connectivity index (χ1n) is 7.98. The second-order valence-electron chi connectivity index (χ2n) is 6.00. The van der Waals surface area contributed by atoms with E-state index in [1.807, 2.05) is 19.1 Å². The van der Waals surface area contributed by atoms with E-state index >= 15 is 0 Å². The van der Waals surface area contributed by atoms with Gasteiger partial charge in [0.25, 0.3) is 0 Å². The summed E-state index contributed by atoms with van der Waals surface area (Å²) >= 11 is 0. The number of ether oxygens (including phenoxy) is 2. The van der Waals surface area contributed by atoms with E-state index in [-0.39, 0.29) is 0 Å². The van der Waals surface area contributed by atoms with Gasteiger partial charge in [-0.05, 0) is 24.6 Å². The Morgan fingerprint density at radius 2 is 1.96 bits per heavy atom. The van der Waals surface area contributed by atoms with Crippen LogP contribution < -0.4 is 20.1 Å². The molecule has 2 aliphatic heterocycles. The molecule has 1 fully saturated rings. The lowest BCUT2D eigenvalue weighted by molar-refractivity contribution is 0.174. The molecule has 8 heteroatoms. The average molecular weight is 329 g/mol. The Kier molecular flexibility index (Phi) is 3.81. The van der Waals surface area contributed by atoms with Crippen LogP contribution in [0.1, 0.15) is 11.3 Å². The van der Waals surface area contributed by atoms with Crippen molar-refractivity contribution >= 4 is 5.82 Å². The number of rotatable bonds is 3. The van der Waals surface area contributed by atoms with Crippen LogP contribution in [0.3, 0.4) is 0 Å². The van der Waals surface area contributed by atoms with Crippen molar-refractivity contribution in [3.8, 4) is 11.5 Å². The average Bonchev–Trinajstić information content (AvgIpc) is 3.06. The third-order valence-electron chi connectivity index (χ3n) is 4.37. The molecule has 1 aromatic heterocycles. The Balaban J connectivity index is 1.39. The van der Waals surface area contributed by atoms with Gasteiger partial charge in [-0.1, -0.05) is 6.07 Å². The Labute approximate surface area is 139 Å². The maximum absolute atomic E-state index is 11.4. The zero-order valence-corrected chi connectivity index (χ0v) is 13.5. The zero-order chi connectivity index (χ0) is 16.5. The number of piperazine rings is 1. The predicted octanol–water partition coefficient (Wildman–Crippen LogP) is 0.524. The van der Waals surface area contributed by atoms with Crippen molar-refractivity contribution in [1.29, 1.82) is 0 Å². The summed E-state index contributed by atoms with van der Waals surface area (Å²) in [6.45, 7) is 6.48. The van der Waals surface area contributed by atoms with Crippen LogP contribution >= 0.6 is 0 Å². The van der Waals surface area contributed by atoms with Crippen molar-refractivity contribution in [2.45, 2.75) is 13.5 Å². The number of aromatic nitrogens is 3. The summed E-state index contributed by atoms with van der Waals surface area (Å²) in [5.74, 6) is 2.31. The van der Waals surface area contributed by atoms with Crippen LogP contribution in [0.4, 0.5) is 5.82 Å². The number of hydrogen-bond donors (Lipinski definition) is 1. The van der Waals surface area contributed by atoms with Gasteiger partial charge < -0.3 is 14.4 Å². The molecule has 24 heavy (non-hydrogen) atoms. The van der Waals surface area contributed by atoms with Crippen LogP contribution in [0, 0.1) is 6.92 Å². The number of aromatic amines is 1.